The van der Waals surface area contributed by atoms with Gasteiger partial charge >= 0.3 is 6.09 Å². The number of piperidine rings is 1. The maximum atomic E-state index is 12.6. The first-order chi connectivity index (χ1) is 12.1. The number of hydrogen-bond acceptors (Lipinski definition) is 4. The number of amides is 1. The Morgan fingerprint density at radius 2 is 1.88 bits per heavy atom. The van der Waals surface area contributed by atoms with Crippen molar-refractivity contribution in [2.45, 2.75) is 58.0 Å². The van der Waals surface area contributed by atoms with Crippen molar-refractivity contribution < 1.29 is 14.0 Å². The molecule has 1 saturated heterocycles. The Kier molecular flexibility index (Phi) is 6.88. The van der Waals surface area contributed by atoms with Crippen LogP contribution in [0.15, 0.2) is 30.3 Å². The third kappa shape index (κ3) is 5.56. The molecule has 1 aromatic carbocycles. The van der Waals surface area contributed by atoms with Crippen LogP contribution in [0.25, 0.3) is 0 Å². The molecule has 0 saturated carbocycles. The first-order valence-corrected chi connectivity index (χ1v) is 12.4. The van der Waals surface area contributed by atoms with Gasteiger partial charge in [-0.25, -0.2) is 4.79 Å². The van der Waals surface area contributed by atoms with E-state index >= 15 is 0 Å². The molecular formula is C20H34N2O3Si. The Hall–Kier alpha value is -1.37. The van der Waals surface area contributed by atoms with Crippen molar-refractivity contribution in [3.05, 3.63) is 35.9 Å². The summed E-state index contributed by atoms with van der Waals surface area (Å²) < 4.78 is 12.1. The molecule has 146 valence electrons. The highest BCUT2D eigenvalue weighted by Crippen LogP contribution is 2.38. The van der Waals surface area contributed by atoms with Gasteiger partial charge in [0.25, 0.3) is 0 Å². The first kappa shape index (κ1) is 20.9. The average molecular weight is 379 g/mol. The second kappa shape index (κ2) is 8.54. The summed E-state index contributed by atoms with van der Waals surface area (Å²) in [5, 5.41) is 0.140. The van der Waals surface area contributed by atoms with Gasteiger partial charge in [-0.2, -0.15) is 0 Å². The summed E-state index contributed by atoms with van der Waals surface area (Å²) >= 11 is 0. The molecule has 1 aliphatic rings. The highest BCUT2D eigenvalue weighted by Gasteiger charge is 2.41. The van der Waals surface area contributed by atoms with E-state index in [9.17, 15) is 4.79 Å². The molecule has 1 aliphatic heterocycles. The zero-order valence-corrected chi connectivity index (χ0v) is 17.8. The second-order valence-corrected chi connectivity index (χ2v) is 13.5. The average Bonchev–Trinajstić information content (AvgIpc) is 2.58. The van der Waals surface area contributed by atoms with Crippen molar-refractivity contribution in [1.29, 1.82) is 0 Å². The first-order valence-electron chi connectivity index (χ1n) is 9.46. The van der Waals surface area contributed by atoms with E-state index in [1.807, 2.05) is 30.3 Å². The molecule has 5 nitrogen and oxygen atoms in total. The molecule has 6 heteroatoms. The Bertz CT molecular complexity index is 586. The van der Waals surface area contributed by atoms with Crippen LogP contribution in [0.2, 0.25) is 18.1 Å². The van der Waals surface area contributed by atoms with Gasteiger partial charge in [0.05, 0.1) is 6.10 Å². The van der Waals surface area contributed by atoms with Crippen molar-refractivity contribution in [2.24, 2.45) is 11.7 Å². The van der Waals surface area contributed by atoms with Gasteiger partial charge in [-0.15, -0.1) is 0 Å². The number of nitrogens with two attached hydrogens (primary N) is 1. The molecule has 1 fully saturated rings. The maximum Gasteiger partial charge on any atom is 0.410 e. The monoisotopic (exact) mass is 378 g/mol. The summed E-state index contributed by atoms with van der Waals surface area (Å²) in [6.07, 6.45) is 0.657. The number of hydrogen-bond donors (Lipinski definition) is 1. The third-order valence-corrected chi connectivity index (χ3v) is 10.1. The molecule has 1 heterocycles. The van der Waals surface area contributed by atoms with Crippen molar-refractivity contribution >= 4 is 14.4 Å². The highest BCUT2D eigenvalue weighted by molar-refractivity contribution is 6.74. The summed E-state index contributed by atoms with van der Waals surface area (Å²) in [7, 11) is -1.89. The minimum atomic E-state index is -1.89. The molecule has 0 radical (unpaired) electrons. The lowest BCUT2D eigenvalue weighted by atomic mass is 9.96. The fourth-order valence-corrected chi connectivity index (χ4v) is 4.32. The van der Waals surface area contributed by atoms with E-state index in [1.165, 1.54) is 0 Å². The van der Waals surface area contributed by atoms with Gasteiger partial charge in [-0.1, -0.05) is 51.1 Å². The van der Waals surface area contributed by atoms with E-state index in [1.54, 1.807) is 4.90 Å². The fraction of sp³-hybridized carbons (Fsp3) is 0.650. The van der Waals surface area contributed by atoms with Crippen LogP contribution in [0.1, 0.15) is 32.8 Å². The molecule has 0 spiro atoms. The van der Waals surface area contributed by atoms with E-state index < -0.39 is 8.32 Å². The minimum absolute atomic E-state index is 0.0301. The number of likely N-dealkylation sites (tertiary alicyclic amines) is 1. The number of ether oxygens (including phenoxy) is 1. The van der Waals surface area contributed by atoms with Gasteiger partial charge in [0, 0.05) is 13.1 Å². The molecule has 26 heavy (non-hydrogen) atoms. The van der Waals surface area contributed by atoms with Gasteiger partial charge in [-0.05, 0) is 42.6 Å². The summed E-state index contributed by atoms with van der Waals surface area (Å²) in [4.78, 5) is 14.3. The maximum absolute atomic E-state index is 12.6. The smallest absolute Gasteiger partial charge is 0.410 e. The predicted molar refractivity (Wildman–Crippen MR) is 107 cm³/mol. The largest absolute Gasteiger partial charge is 0.445 e. The fourth-order valence-electron chi connectivity index (χ4n) is 2.96. The van der Waals surface area contributed by atoms with Crippen molar-refractivity contribution in [2.75, 3.05) is 19.6 Å². The van der Waals surface area contributed by atoms with E-state index in [0.29, 0.717) is 19.6 Å². The molecule has 2 rings (SSSR count). The van der Waals surface area contributed by atoms with E-state index in [2.05, 4.69) is 33.9 Å². The van der Waals surface area contributed by atoms with Crippen LogP contribution in [0, 0.1) is 5.92 Å². The van der Waals surface area contributed by atoms with Gasteiger partial charge in [0.1, 0.15) is 6.61 Å². The lowest BCUT2D eigenvalue weighted by Crippen LogP contribution is -2.53. The Labute approximate surface area is 159 Å². The molecular weight excluding hydrogens is 344 g/mol. The van der Waals surface area contributed by atoms with Crippen LogP contribution >= 0.6 is 0 Å². The van der Waals surface area contributed by atoms with Gasteiger partial charge in [-0.3, -0.25) is 0 Å². The van der Waals surface area contributed by atoms with Gasteiger partial charge in [0.15, 0.2) is 8.32 Å². The Morgan fingerprint density at radius 1 is 1.23 bits per heavy atom. The van der Waals surface area contributed by atoms with Gasteiger partial charge in [0.2, 0.25) is 0 Å². The molecule has 2 N–H and O–H groups in total. The Morgan fingerprint density at radius 3 is 2.46 bits per heavy atom. The predicted octanol–water partition coefficient (Wildman–Crippen LogP) is 3.99. The van der Waals surface area contributed by atoms with Crippen LogP contribution in [-0.2, 0) is 15.8 Å². The summed E-state index contributed by atoms with van der Waals surface area (Å²) in [6.45, 7) is 13.3. The van der Waals surface area contributed by atoms with Crippen LogP contribution in [0.3, 0.4) is 0 Å². The molecule has 2 atom stereocenters. The molecule has 0 aromatic heterocycles. The number of benzene rings is 1. The number of carbonyl (C=O) groups excluding carboxylic acids is 1. The summed E-state index contributed by atoms with van der Waals surface area (Å²) in [5.41, 5.74) is 6.91. The molecule has 1 amide bonds. The topological polar surface area (TPSA) is 64.8 Å². The van der Waals surface area contributed by atoms with Crippen molar-refractivity contribution in [3.63, 3.8) is 0 Å². The standard InChI is InChI=1S/C20H34N2O3Si/c1-20(2,3)26(4,5)25-18-11-17(12-21)13-22(14-18)19(23)24-15-16-9-7-6-8-10-16/h6-10,17-18H,11-15,21H2,1-5H3/t17-,18-/m0/s1. The molecule has 0 unspecified atom stereocenters. The van der Waals surface area contributed by atoms with E-state index in [4.69, 9.17) is 14.9 Å². The highest BCUT2D eigenvalue weighted by atomic mass is 28.4. The SMILES string of the molecule is CC(C)(C)[Si](C)(C)O[C@H]1C[C@@H](CN)CN(C(=O)OCc2ccccc2)C1. The van der Waals surface area contributed by atoms with Crippen LogP contribution < -0.4 is 5.73 Å². The molecule has 0 bridgehead atoms. The zero-order chi connectivity index (χ0) is 19.4. The lowest BCUT2D eigenvalue weighted by Gasteiger charge is -2.43. The number of nitrogens with zero attached hydrogens (tertiary/aromatic N) is 1. The van der Waals surface area contributed by atoms with Crippen molar-refractivity contribution in [1.82, 2.24) is 4.90 Å². The number of rotatable bonds is 5. The minimum Gasteiger partial charge on any atom is -0.445 e. The van der Waals surface area contributed by atoms with Gasteiger partial charge < -0.3 is 19.8 Å². The zero-order valence-electron chi connectivity index (χ0n) is 16.8. The Balaban J connectivity index is 1.98. The third-order valence-electron chi connectivity index (χ3n) is 5.56. The normalized spacial score (nSPS) is 21.5. The van der Waals surface area contributed by atoms with Crippen molar-refractivity contribution in [3.8, 4) is 0 Å². The molecule has 1 aromatic rings. The molecule has 0 aliphatic carbocycles. The van der Waals surface area contributed by atoms with Crippen LogP contribution in [0.5, 0.6) is 0 Å². The lowest BCUT2D eigenvalue weighted by molar-refractivity contribution is 0.0320. The summed E-state index contributed by atoms with van der Waals surface area (Å²) in [5.74, 6) is 0.253. The number of carbonyl (C=O) groups is 1. The van der Waals surface area contributed by atoms with E-state index in [-0.39, 0.29) is 29.8 Å². The second-order valence-electron chi connectivity index (χ2n) is 8.78. The van der Waals surface area contributed by atoms with Crippen LogP contribution in [-0.4, -0.2) is 45.0 Å². The quantitative estimate of drug-likeness (QED) is 0.787. The summed E-state index contributed by atoms with van der Waals surface area (Å²) in [6, 6.07) is 9.74. The van der Waals surface area contributed by atoms with E-state index in [0.717, 1.165) is 12.0 Å². The van der Waals surface area contributed by atoms with Crippen LogP contribution in [0.4, 0.5) is 4.79 Å².